The third kappa shape index (κ3) is 1.62. The number of carbonyl (C=O) groups is 1. The molecule has 1 atom stereocenters. The monoisotopic (exact) mass is 169 g/mol. The van der Waals surface area contributed by atoms with Crippen LogP contribution in [0.15, 0.2) is 6.07 Å². The second-order valence-corrected chi connectivity index (χ2v) is 2.60. The molecule has 1 heterocycles. The topological polar surface area (TPSA) is 92.0 Å². The van der Waals surface area contributed by atoms with E-state index >= 15 is 0 Å². The van der Waals surface area contributed by atoms with Gasteiger partial charge in [-0.15, -0.1) is 0 Å². The summed E-state index contributed by atoms with van der Waals surface area (Å²) >= 11 is 0. The molecule has 0 aliphatic rings. The zero-order valence-corrected chi connectivity index (χ0v) is 6.74. The van der Waals surface area contributed by atoms with E-state index in [1.807, 2.05) is 6.92 Å². The molecule has 66 valence electrons. The minimum Gasteiger partial charge on any atom is -0.481 e. The minimum absolute atomic E-state index is 0.0691. The lowest BCUT2D eigenvalue weighted by Crippen LogP contribution is -2.21. The number of nitrogens with zero attached hydrogens (tertiary/aromatic N) is 1. The smallest absolute Gasteiger partial charge is 0.313 e. The van der Waals surface area contributed by atoms with Crippen molar-refractivity contribution in [1.29, 1.82) is 0 Å². The highest BCUT2D eigenvalue weighted by Crippen LogP contribution is 2.12. The van der Waals surface area contributed by atoms with Gasteiger partial charge in [0, 0.05) is 12.2 Å². The summed E-state index contributed by atoms with van der Waals surface area (Å²) in [6.07, 6.45) is 0. The summed E-state index contributed by atoms with van der Waals surface area (Å²) < 4.78 is 0. The fourth-order valence-corrected chi connectivity index (χ4v) is 0.966. The van der Waals surface area contributed by atoms with Crippen LogP contribution < -0.4 is 5.73 Å². The second-order valence-electron chi connectivity index (χ2n) is 2.60. The molecule has 12 heavy (non-hydrogen) atoms. The third-order valence-electron chi connectivity index (χ3n) is 1.62. The molecule has 1 unspecified atom stereocenters. The fraction of sp³-hybridized carbons (Fsp3) is 0.429. The normalized spacial score (nSPS) is 12.8. The van der Waals surface area contributed by atoms with Gasteiger partial charge in [-0.2, -0.15) is 5.10 Å². The summed E-state index contributed by atoms with van der Waals surface area (Å²) in [5, 5.41) is 15.2. The summed E-state index contributed by atoms with van der Waals surface area (Å²) in [5.74, 6) is -1.64. The first kappa shape index (κ1) is 8.73. The average molecular weight is 169 g/mol. The predicted octanol–water partition coefficient (Wildman–Crippen LogP) is -0.155. The van der Waals surface area contributed by atoms with Crippen LogP contribution in [-0.4, -0.2) is 27.8 Å². The predicted molar refractivity (Wildman–Crippen MR) is 42.8 cm³/mol. The molecule has 0 aliphatic carbocycles. The largest absolute Gasteiger partial charge is 0.481 e. The summed E-state index contributed by atoms with van der Waals surface area (Å²) in [6, 6.07) is 1.69. The summed E-state index contributed by atoms with van der Waals surface area (Å²) in [4.78, 5) is 10.6. The van der Waals surface area contributed by atoms with E-state index in [0.29, 0.717) is 5.69 Å². The highest BCUT2D eigenvalue weighted by molar-refractivity contribution is 5.75. The van der Waals surface area contributed by atoms with Gasteiger partial charge >= 0.3 is 5.97 Å². The lowest BCUT2D eigenvalue weighted by atomic mass is 10.1. The molecule has 0 aromatic carbocycles. The quantitative estimate of drug-likeness (QED) is 0.586. The first-order chi connectivity index (χ1) is 5.65. The zero-order chi connectivity index (χ0) is 9.14. The number of hydrogen-bond donors (Lipinski definition) is 3. The van der Waals surface area contributed by atoms with Crippen molar-refractivity contribution in [2.24, 2.45) is 5.73 Å². The molecular weight excluding hydrogens is 158 g/mol. The van der Waals surface area contributed by atoms with Gasteiger partial charge < -0.3 is 10.8 Å². The van der Waals surface area contributed by atoms with Gasteiger partial charge in [0.15, 0.2) is 0 Å². The van der Waals surface area contributed by atoms with E-state index in [4.69, 9.17) is 10.8 Å². The summed E-state index contributed by atoms with van der Waals surface area (Å²) in [6.45, 7) is 1.88. The number of aliphatic carboxylic acids is 1. The fourth-order valence-electron chi connectivity index (χ4n) is 0.966. The van der Waals surface area contributed by atoms with Gasteiger partial charge in [-0.1, -0.05) is 0 Å². The Bertz CT molecular complexity index is 282. The average Bonchev–Trinajstić information content (AvgIpc) is 2.37. The van der Waals surface area contributed by atoms with Gasteiger partial charge in [0.2, 0.25) is 0 Å². The van der Waals surface area contributed by atoms with Gasteiger partial charge in [0.1, 0.15) is 5.92 Å². The summed E-state index contributed by atoms with van der Waals surface area (Å²) in [5.41, 5.74) is 6.61. The number of rotatable bonds is 3. The lowest BCUT2D eigenvalue weighted by Gasteiger charge is -2.03. The molecule has 0 aliphatic heterocycles. The number of hydrogen-bond acceptors (Lipinski definition) is 3. The van der Waals surface area contributed by atoms with Crippen LogP contribution in [-0.2, 0) is 4.79 Å². The van der Waals surface area contributed by atoms with E-state index in [1.54, 1.807) is 6.07 Å². The first-order valence-corrected chi connectivity index (χ1v) is 3.60. The Morgan fingerprint density at radius 3 is 2.92 bits per heavy atom. The van der Waals surface area contributed by atoms with Gasteiger partial charge in [-0.25, -0.2) is 0 Å². The Kier molecular flexibility index (Phi) is 2.44. The van der Waals surface area contributed by atoms with Crippen LogP contribution in [0.25, 0.3) is 0 Å². The molecule has 0 bridgehead atoms. The van der Waals surface area contributed by atoms with Crippen LogP contribution in [0.3, 0.4) is 0 Å². The lowest BCUT2D eigenvalue weighted by molar-refractivity contribution is -0.138. The minimum atomic E-state index is -0.941. The Balaban J connectivity index is 2.87. The molecule has 1 aromatic rings. The van der Waals surface area contributed by atoms with Crippen LogP contribution in [0.1, 0.15) is 17.3 Å². The Morgan fingerprint density at radius 1 is 1.92 bits per heavy atom. The molecule has 1 rings (SSSR count). The Labute approximate surface area is 69.6 Å². The second kappa shape index (κ2) is 3.36. The molecule has 0 saturated carbocycles. The Hall–Kier alpha value is -1.36. The molecule has 0 spiro atoms. The van der Waals surface area contributed by atoms with E-state index in [0.717, 1.165) is 5.69 Å². The van der Waals surface area contributed by atoms with Gasteiger partial charge in [-0.05, 0) is 13.0 Å². The van der Waals surface area contributed by atoms with Crippen molar-refractivity contribution >= 4 is 5.97 Å². The van der Waals surface area contributed by atoms with Crippen molar-refractivity contribution in [3.63, 3.8) is 0 Å². The number of aromatic amines is 1. The van der Waals surface area contributed by atoms with Crippen LogP contribution >= 0.6 is 0 Å². The molecule has 4 N–H and O–H groups in total. The molecule has 0 fully saturated rings. The van der Waals surface area contributed by atoms with Crippen molar-refractivity contribution in [1.82, 2.24) is 10.2 Å². The van der Waals surface area contributed by atoms with E-state index in [-0.39, 0.29) is 6.54 Å². The first-order valence-electron chi connectivity index (χ1n) is 3.60. The summed E-state index contributed by atoms with van der Waals surface area (Å²) in [7, 11) is 0. The van der Waals surface area contributed by atoms with Crippen molar-refractivity contribution in [3.05, 3.63) is 17.5 Å². The number of aryl methyl sites for hydroxylation is 1. The zero-order valence-electron chi connectivity index (χ0n) is 6.74. The standard InChI is InChI=1S/C7H11N3O2/c1-4-2-6(10-9-4)5(3-8)7(11)12/h2,5H,3,8H2,1H3,(H,9,10)(H,11,12). The number of carboxylic acids is 1. The van der Waals surface area contributed by atoms with Crippen LogP contribution in [0.2, 0.25) is 0 Å². The molecule has 0 radical (unpaired) electrons. The maximum Gasteiger partial charge on any atom is 0.313 e. The van der Waals surface area contributed by atoms with Crippen LogP contribution in [0.5, 0.6) is 0 Å². The van der Waals surface area contributed by atoms with E-state index in [1.165, 1.54) is 0 Å². The SMILES string of the molecule is Cc1cc(C(CN)C(=O)O)n[nH]1. The van der Waals surface area contributed by atoms with Crippen LogP contribution in [0.4, 0.5) is 0 Å². The highest BCUT2D eigenvalue weighted by atomic mass is 16.4. The van der Waals surface area contributed by atoms with E-state index in [9.17, 15) is 4.79 Å². The maximum absolute atomic E-state index is 10.6. The molecule has 1 aromatic heterocycles. The number of nitrogens with one attached hydrogen (secondary N) is 1. The number of nitrogens with two attached hydrogens (primary N) is 1. The number of aromatic nitrogens is 2. The third-order valence-corrected chi connectivity index (χ3v) is 1.62. The van der Waals surface area contributed by atoms with Crippen molar-refractivity contribution in [3.8, 4) is 0 Å². The van der Waals surface area contributed by atoms with E-state index < -0.39 is 11.9 Å². The molecule has 5 nitrogen and oxygen atoms in total. The maximum atomic E-state index is 10.6. The molecule has 0 saturated heterocycles. The van der Waals surface area contributed by atoms with Gasteiger partial charge in [-0.3, -0.25) is 9.89 Å². The molecule has 5 heteroatoms. The van der Waals surface area contributed by atoms with Crippen LogP contribution in [0, 0.1) is 6.92 Å². The van der Waals surface area contributed by atoms with Crippen molar-refractivity contribution in [2.75, 3.05) is 6.54 Å². The van der Waals surface area contributed by atoms with E-state index in [2.05, 4.69) is 10.2 Å². The highest BCUT2D eigenvalue weighted by Gasteiger charge is 2.20. The number of carboxylic acid groups (broad SMARTS) is 1. The van der Waals surface area contributed by atoms with Crippen molar-refractivity contribution < 1.29 is 9.90 Å². The molecule has 0 amide bonds. The molecular formula is C7H11N3O2. The van der Waals surface area contributed by atoms with Crippen molar-refractivity contribution in [2.45, 2.75) is 12.8 Å². The van der Waals surface area contributed by atoms with Gasteiger partial charge in [0.25, 0.3) is 0 Å². The Morgan fingerprint density at radius 2 is 2.58 bits per heavy atom. The van der Waals surface area contributed by atoms with Gasteiger partial charge in [0.05, 0.1) is 5.69 Å². The number of H-pyrrole nitrogens is 1.